The number of aliphatic hydroxyl groups excluding tert-OH is 3. The Morgan fingerprint density at radius 3 is 2.17 bits per heavy atom. The summed E-state index contributed by atoms with van der Waals surface area (Å²) in [4.78, 5) is 68.0. The van der Waals surface area contributed by atoms with Crippen molar-refractivity contribution in [1.29, 1.82) is 0 Å². The van der Waals surface area contributed by atoms with Gasteiger partial charge in [0.15, 0.2) is 11.9 Å². The number of carbonyl (C=O) groups excluding carboxylic acids is 5. The van der Waals surface area contributed by atoms with Crippen LogP contribution in [0.25, 0.3) is 0 Å². The van der Waals surface area contributed by atoms with E-state index in [1.54, 1.807) is 83.1 Å². The highest BCUT2D eigenvalue weighted by molar-refractivity contribution is 5.94. The van der Waals surface area contributed by atoms with Crippen molar-refractivity contribution in [3.8, 4) is 0 Å². The Kier molecular flexibility index (Phi) is 12.0. The van der Waals surface area contributed by atoms with Crippen molar-refractivity contribution in [3.05, 3.63) is 82.9 Å². The van der Waals surface area contributed by atoms with Crippen LogP contribution < -0.4 is 5.32 Å². The van der Waals surface area contributed by atoms with Crippen molar-refractivity contribution >= 4 is 29.8 Å². The molecule has 0 aromatic heterocycles. The minimum atomic E-state index is -2.26. The molecule has 3 aliphatic carbocycles. The molecule has 0 spiro atoms. The molecule has 3 fully saturated rings. The molecule has 2 aromatic carbocycles. The van der Waals surface area contributed by atoms with Gasteiger partial charge in [0.2, 0.25) is 0 Å². The van der Waals surface area contributed by atoms with Crippen molar-refractivity contribution in [3.63, 3.8) is 0 Å². The number of amides is 1. The minimum Gasteiger partial charge on any atom is -0.463 e. The van der Waals surface area contributed by atoms with Crippen molar-refractivity contribution in [1.82, 2.24) is 5.32 Å². The summed E-state index contributed by atoms with van der Waals surface area (Å²) < 4.78 is 29.2. The molecular weight excluding hydrogens is 766 g/mol. The van der Waals surface area contributed by atoms with Gasteiger partial charge in [0.1, 0.15) is 36.1 Å². The van der Waals surface area contributed by atoms with E-state index in [2.05, 4.69) is 5.32 Å². The molecule has 2 saturated carbocycles. The fourth-order valence-electron chi connectivity index (χ4n) is 9.70. The number of hydrogen-bond donors (Lipinski definition) is 5. The zero-order valence-corrected chi connectivity index (χ0v) is 34.5. The van der Waals surface area contributed by atoms with E-state index in [0.29, 0.717) is 5.56 Å². The van der Waals surface area contributed by atoms with Gasteiger partial charge in [0.25, 0.3) is 0 Å². The number of rotatable bonds is 9. The second-order valence-corrected chi connectivity index (χ2v) is 17.9. The Morgan fingerprint density at radius 2 is 1.58 bits per heavy atom. The van der Waals surface area contributed by atoms with Crippen LogP contribution in [0.3, 0.4) is 0 Å². The maximum atomic E-state index is 14.9. The Hall–Kier alpha value is -4.67. The summed E-state index contributed by atoms with van der Waals surface area (Å²) >= 11 is 0. The standard InChI is InChI=1S/C44H55NO14/c1-22-27(57-39(52)35(49)33(24-15-11-9-12-16-24)45-40(53)59-41(3,4)5)20-44(54)37(58-38(51)25-17-13-10-14-18-25)32-30-26(56-28(30)21-55-23(2)46)19-29(47)43(32,8)36(50)34(48)31(22)42(44,6)7/h9-18,26-30,32-35,37,47-49,54H,19-21H2,1-8H3,(H,45,53)/t26-,27+,28?,29+,30+,32+,33+,34-,35-,37+,43-,44-/m1/s1. The summed E-state index contributed by atoms with van der Waals surface area (Å²) in [6.45, 7) is 12.1. The van der Waals surface area contributed by atoms with Gasteiger partial charge in [0.05, 0.1) is 35.3 Å². The van der Waals surface area contributed by atoms with Crippen LogP contribution in [-0.4, -0.2) is 111 Å². The Morgan fingerprint density at radius 1 is 0.966 bits per heavy atom. The van der Waals surface area contributed by atoms with E-state index in [1.807, 2.05) is 0 Å². The molecular formula is C44H55NO14. The van der Waals surface area contributed by atoms with Gasteiger partial charge in [-0.2, -0.15) is 0 Å². The number of ether oxygens (including phenoxy) is 5. The fourth-order valence-corrected chi connectivity index (χ4v) is 9.70. The Labute approximate surface area is 343 Å². The molecule has 5 N–H and O–H groups in total. The van der Waals surface area contributed by atoms with Crippen LogP contribution in [0.4, 0.5) is 4.79 Å². The first kappa shape index (κ1) is 43.9. The number of Topliss-reactive ketones (excluding diaryl/α,β-unsaturated/α-hetero) is 1. The molecule has 1 saturated heterocycles. The van der Waals surface area contributed by atoms with E-state index in [-0.39, 0.29) is 29.7 Å². The highest BCUT2D eigenvalue weighted by atomic mass is 16.6. The first-order valence-corrected chi connectivity index (χ1v) is 19.8. The number of ketones is 1. The van der Waals surface area contributed by atoms with E-state index >= 15 is 0 Å². The molecule has 2 aromatic rings. The number of benzene rings is 2. The van der Waals surface area contributed by atoms with Crippen molar-refractivity contribution in [2.45, 2.75) is 128 Å². The van der Waals surface area contributed by atoms with Gasteiger partial charge in [-0.3, -0.25) is 9.59 Å². The lowest BCUT2D eigenvalue weighted by atomic mass is 9.45. The predicted octanol–water partition coefficient (Wildman–Crippen LogP) is 3.51. The van der Waals surface area contributed by atoms with Crippen LogP contribution in [0.15, 0.2) is 71.8 Å². The van der Waals surface area contributed by atoms with E-state index in [4.69, 9.17) is 23.7 Å². The molecule has 0 radical (unpaired) electrons. The summed E-state index contributed by atoms with van der Waals surface area (Å²) in [7, 11) is 0. The lowest BCUT2D eigenvalue weighted by molar-refractivity contribution is -0.307. The van der Waals surface area contributed by atoms with Gasteiger partial charge >= 0.3 is 24.0 Å². The lowest BCUT2D eigenvalue weighted by Gasteiger charge is -2.65. The minimum absolute atomic E-state index is 0.0221. The Balaban J connectivity index is 1.46. The molecule has 2 bridgehead atoms. The third kappa shape index (κ3) is 7.90. The Bertz CT molecular complexity index is 1980. The third-order valence-corrected chi connectivity index (χ3v) is 12.8. The number of fused-ring (bicyclic) bond motifs is 5. The van der Waals surface area contributed by atoms with Crippen molar-refractivity contribution in [2.24, 2.45) is 22.7 Å². The van der Waals surface area contributed by atoms with Crippen LogP contribution in [0.1, 0.15) is 90.2 Å². The number of alkyl carbamates (subject to hydrolysis) is 1. The quantitative estimate of drug-likeness (QED) is 0.139. The van der Waals surface area contributed by atoms with Gasteiger partial charge < -0.3 is 49.4 Å². The second-order valence-electron chi connectivity index (χ2n) is 17.9. The molecule has 1 aliphatic heterocycles. The third-order valence-electron chi connectivity index (χ3n) is 12.8. The van der Waals surface area contributed by atoms with Gasteiger partial charge in [0, 0.05) is 37.0 Å². The number of carbonyl (C=O) groups is 5. The summed E-state index contributed by atoms with van der Waals surface area (Å²) in [5.41, 5.74) is -5.96. The van der Waals surface area contributed by atoms with Crippen LogP contribution >= 0.6 is 0 Å². The number of nitrogens with one attached hydrogen (secondary N) is 1. The molecule has 15 nitrogen and oxygen atoms in total. The molecule has 1 unspecified atom stereocenters. The average molecular weight is 822 g/mol. The second kappa shape index (κ2) is 16.1. The molecule has 1 heterocycles. The zero-order valence-electron chi connectivity index (χ0n) is 34.5. The first-order valence-electron chi connectivity index (χ1n) is 19.8. The predicted molar refractivity (Wildman–Crippen MR) is 208 cm³/mol. The zero-order chi connectivity index (χ0) is 43.4. The van der Waals surface area contributed by atoms with Crippen LogP contribution in [0, 0.1) is 22.7 Å². The van der Waals surface area contributed by atoms with Crippen molar-refractivity contribution < 1.29 is 68.1 Å². The summed E-state index contributed by atoms with van der Waals surface area (Å²) in [5.74, 6) is -5.48. The molecule has 1 amide bonds. The first-order chi connectivity index (χ1) is 27.5. The molecule has 12 atom stereocenters. The number of aliphatic hydroxyl groups is 4. The van der Waals surface area contributed by atoms with Crippen LogP contribution in [0.2, 0.25) is 0 Å². The van der Waals surface area contributed by atoms with Gasteiger partial charge in [-0.25, -0.2) is 14.4 Å². The van der Waals surface area contributed by atoms with Gasteiger partial charge in [-0.05, 0) is 63.5 Å². The molecule has 15 heteroatoms. The monoisotopic (exact) mass is 821 g/mol. The topological polar surface area (TPSA) is 224 Å². The van der Waals surface area contributed by atoms with E-state index in [1.165, 1.54) is 32.9 Å². The van der Waals surface area contributed by atoms with Crippen LogP contribution in [0.5, 0.6) is 0 Å². The summed E-state index contributed by atoms with van der Waals surface area (Å²) in [6, 6.07) is 14.8. The fraction of sp³-hybridized carbons (Fsp3) is 0.568. The van der Waals surface area contributed by atoms with Gasteiger partial charge in [-0.1, -0.05) is 62.4 Å². The van der Waals surface area contributed by atoms with Gasteiger partial charge in [-0.15, -0.1) is 0 Å². The van der Waals surface area contributed by atoms with Crippen molar-refractivity contribution in [2.75, 3.05) is 6.61 Å². The smallest absolute Gasteiger partial charge is 0.408 e. The maximum absolute atomic E-state index is 14.9. The molecule has 6 rings (SSSR count). The highest BCUT2D eigenvalue weighted by Crippen LogP contribution is 2.63. The van der Waals surface area contributed by atoms with E-state index in [9.17, 15) is 44.4 Å². The van der Waals surface area contributed by atoms with E-state index in [0.717, 1.165) is 0 Å². The lowest BCUT2D eigenvalue weighted by Crippen LogP contribution is -2.76. The van der Waals surface area contributed by atoms with E-state index < -0.39 is 119 Å². The largest absolute Gasteiger partial charge is 0.463 e. The highest BCUT2D eigenvalue weighted by Gasteiger charge is 2.73. The molecule has 4 aliphatic rings. The SMILES string of the molecule is CC(=O)OCC1O[C@@H]2C[C@H](O)[C@@]3(C)C(=O)[C@H](O)C4=C(C)[C@@H](OC(=O)[C@H](O)[C@@H](NC(=O)OC(C)(C)C)c5ccccc5)C[C@@](O)([C@@H](OC(=O)c5ccccc5)[C@@H]3[C@H]12)C4(C)C. The normalized spacial score (nSPS) is 33.3. The number of hydrogen-bond acceptors (Lipinski definition) is 14. The summed E-state index contributed by atoms with van der Waals surface area (Å²) in [6.07, 6.45) is -11.5. The molecule has 320 valence electrons. The summed E-state index contributed by atoms with van der Waals surface area (Å²) in [5, 5.41) is 51.6. The van der Waals surface area contributed by atoms with Crippen LogP contribution in [-0.2, 0) is 38.1 Å². The number of esters is 3. The maximum Gasteiger partial charge on any atom is 0.408 e. The average Bonchev–Trinajstić information content (AvgIpc) is 3.16. The molecule has 59 heavy (non-hydrogen) atoms.